The van der Waals surface area contributed by atoms with Crippen LogP contribution in [-0.2, 0) is 13.6 Å². The Hall–Kier alpha value is -2.44. The van der Waals surface area contributed by atoms with Gasteiger partial charge in [-0.05, 0) is 13.0 Å². The standard InChI is InChI=1S/C11H12N4O3/c1-3-15-8(6-16)9(11(17)18)10(13-15)7-4-5-12-14(7)2/h4-6H,3H2,1-2H3,(H,17,18). The summed E-state index contributed by atoms with van der Waals surface area (Å²) in [5.74, 6) is -1.17. The highest BCUT2D eigenvalue weighted by atomic mass is 16.4. The number of rotatable bonds is 4. The Labute approximate surface area is 103 Å². The zero-order chi connectivity index (χ0) is 13.3. The molecule has 0 aliphatic carbocycles. The van der Waals surface area contributed by atoms with Crippen LogP contribution >= 0.6 is 0 Å². The molecular formula is C11H12N4O3. The number of carbonyl (C=O) groups excluding carboxylic acids is 1. The van der Waals surface area contributed by atoms with Crippen molar-refractivity contribution in [2.45, 2.75) is 13.5 Å². The summed E-state index contributed by atoms with van der Waals surface area (Å²) in [6, 6.07) is 1.66. The summed E-state index contributed by atoms with van der Waals surface area (Å²) in [6.07, 6.45) is 2.06. The largest absolute Gasteiger partial charge is 0.478 e. The van der Waals surface area contributed by atoms with E-state index in [-0.39, 0.29) is 17.0 Å². The minimum Gasteiger partial charge on any atom is -0.478 e. The molecule has 94 valence electrons. The van der Waals surface area contributed by atoms with E-state index >= 15 is 0 Å². The quantitative estimate of drug-likeness (QED) is 0.809. The highest BCUT2D eigenvalue weighted by Gasteiger charge is 2.25. The lowest BCUT2D eigenvalue weighted by atomic mass is 10.1. The monoisotopic (exact) mass is 248 g/mol. The first-order valence-electron chi connectivity index (χ1n) is 5.37. The zero-order valence-corrected chi connectivity index (χ0v) is 9.99. The molecule has 0 aromatic carbocycles. The number of carboxylic acids is 1. The third-order valence-electron chi connectivity index (χ3n) is 2.68. The maximum absolute atomic E-state index is 11.3. The van der Waals surface area contributed by atoms with Gasteiger partial charge in [-0.3, -0.25) is 14.2 Å². The maximum Gasteiger partial charge on any atom is 0.340 e. The van der Waals surface area contributed by atoms with Gasteiger partial charge in [-0.1, -0.05) is 0 Å². The molecule has 0 atom stereocenters. The van der Waals surface area contributed by atoms with Crippen molar-refractivity contribution in [1.82, 2.24) is 19.6 Å². The summed E-state index contributed by atoms with van der Waals surface area (Å²) < 4.78 is 2.89. The lowest BCUT2D eigenvalue weighted by Gasteiger charge is -1.99. The van der Waals surface area contributed by atoms with Crippen LogP contribution in [0.25, 0.3) is 11.4 Å². The van der Waals surface area contributed by atoms with E-state index in [1.165, 1.54) is 9.36 Å². The normalized spacial score (nSPS) is 10.6. The Morgan fingerprint density at radius 3 is 2.72 bits per heavy atom. The summed E-state index contributed by atoms with van der Waals surface area (Å²) in [5.41, 5.74) is 0.797. The van der Waals surface area contributed by atoms with Gasteiger partial charge in [0.2, 0.25) is 0 Å². The van der Waals surface area contributed by atoms with Crippen LogP contribution in [0.15, 0.2) is 12.3 Å². The van der Waals surface area contributed by atoms with Crippen molar-refractivity contribution in [3.05, 3.63) is 23.5 Å². The molecule has 2 aromatic heterocycles. The van der Waals surface area contributed by atoms with Gasteiger partial charge >= 0.3 is 5.97 Å². The molecule has 2 aromatic rings. The molecule has 0 unspecified atom stereocenters. The predicted molar refractivity (Wildman–Crippen MR) is 62.4 cm³/mol. The number of aromatic nitrogens is 4. The lowest BCUT2D eigenvalue weighted by molar-refractivity contribution is 0.0694. The van der Waals surface area contributed by atoms with Crippen molar-refractivity contribution in [3.8, 4) is 11.4 Å². The smallest absolute Gasteiger partial charge is 0.340 e. The molecule has 0 bridgehead atoms. The second-order valence-electron chi connectivity index (χ2n) is 3.69. The molecule has 18 heavy (non-hydrogen) atoms. The molecule has 7 nitrogen and oxygen atoms in total. The third-order valence-corrected chi connectivity index (χ3v) is 2.68. The van der Waals surface area contributed by atoms with E-state index in [0.717, 1.165) is 0 Å². The van der Waals surface area contributed by atoms with Gasteiger partial charge in [-0.25, -0.2) is 4.79 Å². The van der Waals surface area contributed by atoms with Gasteiger partial charge in [0.15, 0.2) is 6.29 Å². The lowest BCUT2D eigenvalue weighted by Crippen LogP contribution is -2.06. The topological polar surface area (TPSA) is 90.0 Å². The molecule has 7 heteroatoms. The van der Waals surface area contributed by atoms with Gasteiger partial charge in [0, 0.05) is 19.8 Å². The molecule has 0 saturated carbocycles. The van der Waals surface area contributed by atoms with Crippen molar-refractivity contribution >= 4 is 12.3 Å². The molecule has 0 aliphatic heterocycles. The molecular weight excluding hydrogens is 236 g/mol. The molecule has 2 heterocycles. The van der Waals surface area contributed by atoms with Crippen molar-refractivity contribution in [1.29, 1.82) is 0 Å². The first-order chi connectivity index (χ1) is 8.60. The fraction of sp³-hybridized carbons (Fsp3) is 0.273. The van der Waals surface area contributed by atoms with Gasteiger partial charge in [-0.2, -0.15) is 10.2 Å². The second kappa shape index (κ2) is 4.44. The Balaban J connectivity index is 2.75. The van der Waals surface area contributed by atoms with Gasteiger partial charge in [-0.15, -0.1) is 0 Å². The first-order valence-corrected chi connectivity index (χ1v) is 5.37. The van der Waals surface area contributed by atoms with E-state index in [9.17, 15) is 14.7 Å². The highest BCUT2D eigenvalue weighted by molar-refractivity contribution is 6.01. The van der Waals surface area contributed by atoms with Gasteiger partial charge in [0.25, 0.3) is 0 Å². The molecule has 2 rings (SSSR count). The van der Waals surface area contributed by atoms with Crippen LogP contribution in [-0.4, -0.2) is 36.9 Å². The molecule has 0 fully saturated rings. The van der Waals surface area contributed by atoms with Crippen LogP contribution in [0.1, 0.15) is 27.8 Å². The van der Waals surface area contributed by atoms with Crippen LogP contribution in [0.4, 0.5) is 0 Å². The molecule has 1 N–H and O–H groups in total. The number of aryl methyl sites for hydroxylation is 2. The summed E-state index contributed by atoms with van der Waals surface area (Å²) >= 11 is 0. The van der Waals surface area contributed by atoms with E-state index < -0.39 is 5.97 Å². The molecule has 0 aliphatic rings. The van der Waals surface area contributed by atoms with Gasteiger partial charge < -0.3 is 5.11 Å². The van der Waals surface area contributed by atoms with Crippen LogP contribution in [0.2, 0.25) is 0 Å². The van der Waals surface area contributed by atoms with Crippen LogP contribution in [0.3, 0.4) is 0 Å². The van der Waals surface area contributed by atoms with Crippen LogP contribution in [0, 0.1) is 0 Å². The molecule has 0 amide bonds. The Bertz CT molecular complexity index is 612. The number of carboxylic acid groups (broad SMARTS) is 1. The minimum atomic E-state index is -1.17. The molecule has 0 saturated heterocycles. The fourth-order valence-corrected chi connectivity index (χ4v) is 1.83. The number of hydrogen-bond donors (Lipinski definition) is 1. The Morgan fingerprint density at radius 1 is 1.56 bits per heavy atom. The number of carbonyl (C=O) groups is 2. The molecule has 0 spiro atoms. The van der Waals surface area contributed by atoms with E-state index in [1.807, 2.05) is 0 Å². The maximum atomic E-state index is 11.3. The van der Waals surface area contributed by atoms with E-state index in [2.05, 4.69) is 10.2 Å². The van der Waals surface area contributed by atoms with Crippen LogP contribution < -0.4 is 0 Å². The number of aromatic carboxylic acids is 1. The zero-order valence-electron chi connectivity index (χ0n) is 9.99. The Morgan fingerprint density at radius 2 is 2.28 bits per heavy atom. The number of aldehydes is 1. The van der Waals surface area contributed by atoms with Crippen molar-refractivity contribution in [3.63, 3.8) is 0 Å². The predicted octanol–water partition coefficient (Wildman–Crippen LogP) is 0.814. The minimum absolute atomic E-state index is 0.0706. The summed E-state index contributed by atoms with van der Waals surface area (Å²) in [6.45, 7) is 2.21. The number of hydrogen-bond acceptors (Lipinski definition) is 4. The van der Waals surface area contributed by atoms with E-state index in [1.54, 1.807) is 26.2 Å². The van der Waals surface area contributed by atoms with Gasteiger partial charge in [0.05, 0.1) is 5.69 Å². The van der Waals surface area contributed by atoms with E-state index in [4.69, 9.17) is 0 Å². The number of nitrogens with zero attached hydrogens (tertiary/aromatic N) is 4. The van der Waals surface area contributed by atoms with Crippen LogP contribution in [0.5, 0.6) is 0 Å². The average molecular weight is 248 g/mol. The second-order valence-corrected chi connectivity index (χ2v) is 3.69. The highest BCUT2D eigenvalue weighted by Crippen LogP contribution is 2.24. The summed E-state index contributed by atoms with van der Waals surface area (Å²) in [4.78, 5) is 22.3. The summed E-state index contributed by atoms with van der Waals surface area (Å²) in [5, 5.41) is 17.4. The first kappa shape index (κ1) is 12.0. The third kappa shape index (κ3) is 1.69. The SMILES string of the molecule is CCn1nc(-c2ccnn2C)c(C(=O)O)c1C=O. The van der Waals surface area contributed by atoms with E-state index in [0.29, 0.717) is 18.5 Å². The van der Waals surface area contributed by atoms with Crippen molar-refractivity contribution in [2.24, 2.45) is 7.05 Å². The fourth-order valence-electron chi connectivity index (χ4n) is 1.83. The van der Waals surface area contributed by atoms with Crippen molar-refractivity contribution < 1.29 is 14.7 Å². The van der Waals surface area contributed by atoms with Crippen molar-refractivity contribution in [2.75, 3.05) is 0 Å². The van der Waals surface area contributed by atoms with Gasteiger partial charge in [0.1, 0.15) is 17.0 Å². The Kier molecular flexibility index (Phi) is 2.97. The summed E-state index contributed by atoms with van der Waals surface area (Å²) in [7, 11) is 1.69. The molecule has 0 radical (unpaired) electrons. The average Bonchev–Trinajstić information content (AvgIpc) is 2.91.